The van der Waals surface area contributed by atoms with Gasteiger partial charge in [0.15, 0.2) is 0 Å². The van der Waals surface area contributed by atoms with E-state index in [1.807, 2.05) is 60.7 Å². The number of benzene rings is 3. The van der Waals surface area contributed by atoms with E-state index in [1.165, 1.54) is 18.9 Å². The van der Waals surface area contributed by atoms with E-state index in [2.05, 4.69) is 5.32 Å². The van der Waals surface area contributed by atoms with Gasteiger partial charge in [0.2, 0.25) is 5.91 Å². The van der Waals surface area contributed by atoms with Crippen molar-refractivity contribution in [3.63, 3.8) is 0 Å². The molecule has 0 saturated carbocycles. The Balaban J connectivity index is 1.79. The van der Waals surface area contributed by atoms with E-state index >= 15 is 0 Å². The number of thioether (sulfide) groups is 1. The van der Waals surface area contributed by atoms with Crippen LogP contribution in [0.4, 0.5) is 5.69 Å². The molecule has 3 rings (SSSR count). The van der Waals surface area contributed by atoms with Gasteiger partial charge in [0.05, 0.1) is 12.7 Å². The van der Waals surface area contributed by atoms with Crippen molar-refractivity contribution < 1.29 is 14.3 Å². The summed E-state index contributed by atoms with van der Waals surface area (Å²) in [6, 6.07) is 26.1. The number of rotatable bonds is 6. The maximum absolute atomic E-state index is 13.0. The van der Waals surface area contributed by atoms with Crippen molar-refractivity contribution in [1.29, 1.82) is 0 Å². The van der Waals surface area contributed by atoms with Crippen LogP contribution in [0.1, 0.15) is 21.2 Å². The lowest BCUT2D eigenvalue weighted by molar-refractivity contribution is -0.115. The van der Waals surface area contributed by atoms with Crippen LogP contribution < -0.4 is 5.32 Å². The van der Waals surface area contributed by atoms with Gasteiger partial charge in [0, 0.05) is 10.6 Å². The average molecular weight is 377 g/mol. The summed E-state index contributed by atoms with van der Waals surface area (Å²) in [5.41, 5.74) is 1.99. The van der Waals surface area contributed by atoms with Gasteiger partial charge in [-0.1, -0.05) is 48.5 Å². The first kappa shape index (κ1) is 18.7. The third kappa shape index (κ3) is 4.99. The Morgan fingerprint density at radius 3 is 2.04 bits per heavy atom. The average Bonchev–Trinajstić information content (AvgIpc) is 2.73. The van der Waals surface area contributed by atoms with E-state index in [0.29, 0.717) is 11.3 Å². The van der Waals surface area contributed by atoms with Gasteiger partial charge in [0.25, 0.3) is 0 Å². The molecule has 5 heteroatoms. The van der Waals surface area contributed by atoms with Gasteiger partial charge in [0.1, 0.15) is 5.25 Å². The van der Waals surface area contributed by atoms with Crippen molar-refractivity contribution in [3.05, 3.63) is 96.1 Å². The van der Waals surface area contributed by atoms with Gasteiger partial charge >= 0.3 is 5.97 Å². The van der Waals surface area contributed by atoms with Crippen LogP contribution in [0, 0.1) is 0 Å². The zero-order valence-electron chi connectivity index (χ0n) is 14.8. The van der Waals surface area contributed by atoms with E-state index in [-0.39, 0.29) is 5.91 Å². The molecule has 0 heterocycles. The molecule has 0 spiro atoms. The lowest BCUT2D eigenvalue weighted by Gasteiger charge is -2.17. The monoisotopic (exact) mass is 377 g/mol. The molecule has 0 aliphatic carbocycles. The third-order valence-electron chi connectivity index (χ3n) is 3.91. The summed E-state index contributed by atoms with van der Waals surface area (Å²) < 4.78 is 4.69. The van der Waals surface area contributed by atoms with Gasteiger partial charge in [-0.15, -0.1) is 11.8 Å². The number of amides is 1. The molecule has 1 atom stereocenters. The molecule has 1 amide bonds. The first-order valence-electron chi connectivity index (χ1n) is 8.43. The van der Waals surface area contributed by atoms with Gasteiger partial charge in [-0.25, -0.2) is 4.79 Å². The van der Waals surface area contributed by atoms with Crippen molar-refractivity contribution in [2.45, 2.75) is 10.1 Å². The number of ether oxygens (including phenoxy) is 1. The molecule has 0 bridgehead atoms. The highest BCUT2D eigenvalue weighted by Gasteiger charge is 2.22. The minimum Gasteiger partial charge on any atom is -0.465 e. The highest BCUT2D eigenvalue weighted by molar-refractivity contribution is 8.00. The van der Waals surface area contributed by atoms with Crippen molar-refractivity contribution in [2.24, 2.45) is 0 Å². The number of methoxy groups -OCH3 is 1. The fraction of sp³-hybridized carbons (Fsp3) is 0.0909. The van der Waals surface area contributed by atoms with Crippen LogP contribution in [-0.4, -0.2) is 19.0 Å². The fourth-order valence-corrected chi connectivity index (χ4v) is 3.60. The number of anilines is 1. The number of hydrogen-bond donors (Lipinski definition) is 1. The maximum Gasteiger partial charge on any atom is 0.337 e. The van der Waals surface area contributed by atoms with Crippen LogP contribution in [0.25, 0.3) is 0 Å². The highest BCUT2D eigenvalue weighted by Crippen LogP contribution is 2.36. The van der Waals surface area contributed by atoms with E-state index in [1.54, 1.807) is 24.3 Å². The summed E-state index contributed by atoms with van der Waals surface area (Å²) in [4.78, 5) is 25.5. The number of carbonyl (C=O) groups is 2. The molecule has 1 N–H and O–H groups in total. The number of esters is 1. The molecule has 0 aromatic heterocycles. The van der Waals surface area contributed by atoms with Crippen LogP contribution >= 0.6 is 11.8 Å². The molecule has 27 heavy (non-hydrogen) atoms. The van der Waals surface area contributed by atoms with E-state index < -0.39 is 11.2 Å². The molecule has 4 nitrogen and oxygen atoms in total. The molecule has 0 fully saturated rings. The summed E-state index contributed by atoms with van der Waals surface area (Å²) in [6.07, 6.45) is 0. The quantitative estimate of drug-likeness (QED) is 0.488. The Hall–Kier alpha value is -3.05. The first-order chi connectivity index (χ1) is 13.2. The Morgan fingerprint density at radius 2 is 1.44 bits per heavy atom. The molecule has 0 radical (unpaired) electrons. The van der Waals surface area contributed by atoms with Crippen LogP contribution in [0.2, 0.25) is 0 Å². The molecule has 0 saturated heterocycles. The zero-order chi connectivity index (χ0) is 19.1. The SMILES string of the molecule is COC(=O)c1ccc(NC(=O)[C@H](Sc2ccccc2)c2ccccc2)cc1. The van der Waals surface area contributed by atoms with Crippen LogP contribution in [0.5, 0.6) is 0 Å². The van der Waals surface area contributed by atoms with Crippen LogP contribution in [0.15, 0.2) is 89.8 Å². The standard InChI is InChI=1S/C22H19NO3S/c1-26-22(25)17-12-14-18(15-13-17)23-21(24)20(16-8-4-2-5-9-16)27-19-10-6-3-7-11-19/h2-15,20H,1H3,(H,23,24)/t20-/m1/s1. The summed E-state index contributed by atoms with van der Waals surface area (Å²) in [6.45, 7) is 0. The van der Waals surface area contributed by atoms with E-state index in [4.69, 9.17) is 4.74 Å². The van der Waals surface area contributed by atoms with Crippen LogP contribution in [0.3, 0.4) is 0 Å². The smallest absolute Gasteiger partial charge is 0.337 e. The zero-order valence-corrected chi connectivity index (χ0v) is 15.6. The van der Waals surface area contributed by atoms with Crippen molar-refractivity contribution in [2.75, 3.05) is 12.4 Å². The van der Waals surface area contributed by atoms with Crippen molar-refractivity contribution in [3.8, 4) is 0 Å². The largest absolute Gasteiger partial charge is 0.465 e. The maximum atomic E-state index is 13.0. The summed E-state index contributed by atoms with van der Waals surface area (Å²) in [5, 5.41) is 2.54. The normalized spacial score (nSPS) is 11.4. The molecular weight excluding hydrogens is 358 g/mol. The Morgan fingerprint density at radius 1 is 0.852 bits per heavy atom. The van der Waals surface area contributed by atoms with Crippen molar-refractivity contribution in [1.82, 2.24) is 0 Å². The lowest BCUT2D eigenvalue weighted by Crippen LogP contribution is -2.19. The second-order valence-electron chi connectivity index (χ2n) is 5.78. The Labute approximate surface area is 162 Å². The van der Waals surface area contributed by atoms with Gasteiger partial charge in [-0.3, -0.25) is 4.79 Å². The second kappa shape index (κ2) is 9.05. The lowest BCUT2D eigenvalue weighted by atomic mass is 10.1. The summed E-state index contributed by atoms with van der Waals surface area (Å²) in [5.74, 6) is -0.532. The van der Waals surface area contributed by atoms with Gasteiger partial charge in [-0.2, -0.15) is 0 Å². The summed E-state index contributed by atoms with van der Waals surface area (Å²) >= 11 is 1.49. The van der Waals surface area contributed by atoms with Gasteiger partial charge < -0.3 is 10.1 Å². The fourth-order valence-electron chi connectivity index (χ4n) is 2.55. The molecule has 3 aromatic carbocycles. The molecule has 0 aliphatic rings. The predicted molar refractivity (Wildman–Crippen MR) is 108 cm³/mol. The molecule has 3 aromatic rings. The third-order valence-corrected chi connectivity index (χ3v) is 5.18. The predicted octanol–water partition coefficient (Wildman–Crippen LogP) is 4.95. The highest BCUT2D eigenvalue weighted by atomic mass is 32.2. The number of nitrogens with one attached hydrogen (secondary N) is 1. The summed E-state index contributed by atoms with van der Waals surface area (Å²) in [7, 11) is 1.34. The minimum absolute atomic E-state index is 0.124. The first-order valence-corrected chi connectivity index (χ1v) is 9.31. The second-order valence-corrected chi connectivity index (χ2v) is 6.96. The molecular formula is C22H19NO3S. The van der Waals surface area contributed by atoms with E-state index in [9.17, 15) is 9.59 Å². The van der Waals surface area contributed by atoms with Crippen molar-refractivity contribution >= 4 is 29.3 Å². The number of carbonyl (C=O) groups excluding carboxylic acids is 2. The van der Waals surface area contributed by atoms with E-state index in [0.717, 1.165) is 10.5 Å². The minimum atomic E-state index is -0.408. The number of hydrogen-bond acceptors (Lipinski definition) is 4. The molecule has 0 unspecified atom stereocenters. The van der Waals surface area contributed by atoms with Crippen LogP contribution in [-0.2, 0) is 9.53 Å². The Bertz CT molecular complexity index is 896. The molecule has 136 valence electrons. The topological polar surface area (TPSA) is 55.4 Å². The van der Waals surface area contributed by atoms with Gasteiger partial charge in [-0.05, 0) is 42.0 Å². The Kier molecular flexibility index (Phi) is 6.28. The molecule has 0 aliphatic heterocycles.